The van der Waals surface area contributed by atoms with E-state index in [4.69, 9.17) is 16.3 Å². The van der Waals surface area contributed by atoms with E-state index in [0.717, 1.165) is 0 Å². The number of anilines is 2. The van der Waals surface area contributed by atoms with Crippen LogP contribution in [0.4, 0.5) is 11.4 Å². The Morgan fingerprint density at radius 3 is 2.58 bits per heavy atom. The fourth-order valence-corrected chi connectivity index (χ4v) is 4.07. The first-order valence-corrected chi connectivity index (χ1v) is 9.02. The van der Waals surface area contributed by atoms with Crippen LogP contribution >= 0.6 is 11.6 Å². The summed E-state index contributed by atoms with van der Waals surface area (Å²) in [5.74, 6) is 0.256. The Bertz CT molecular complexity index is 881. The molecule has 0 spiro atoms. The Morgan fingerprint density at radius 2 is 1.92 bits per heavy atom. The van der Waals surface area contributed by atoms with Gasteiger partial charge in [0.2, 0.25) is 5.91 Å². The first kappa shape index (κ1) is 16.6. The summed E-state index contributed by atoms with van der Waals surface area (Å²) in [6.07, 6.45) is 0. The van der Waals surface area contributed by atoms with E-state index in [1.165, 1.54) is 23.4 Å². The molecule has 1 aliphatic rings. The van der Waals surface area contributed by atoms with E-state index in [0.29, 0.717) is 22.1 Å². The van der Waals surface area contributed by atoms with E-state index in [-0.39, 0.29) is 24.0 Å². The predicted octanol–water partition coefficient (Wildman–Crippen LogP) is 2.89. The van der Waals surface area contributed by atoms with Crippen LogP contribution in [0, 0.1) is 0 Å². The Kier molecular flexibility index (Phi) is 4.38. The molecule has 1 N–H and O–H groups in total. The van der Waals surface area contributed by atoms with E-state index in [1.54, 1.807) is 30.3 Å². The summed E-state index contributed by atoms with van der Waals surface area (Å²) >= 11 is 5.99. The van der Waals surface area contributed by atoms with Crippen molar-refractivity contribution in [3.8, 4) is 5.75 Å². The molecule has 8 heteroatoms. The Morgan fingerprint density at radius 1 is 1.21 bits per heavy atom. The van der Waals surface area contributed by atoms with Crippen LogP contribution in [0.5, 0.6) is 5.75 Å². The zero-order chi connectivity index (χ0) is 17.3. The Hall–Kier alpha value is -2.25. The molecular weight excluding hydrogens is 352 g/mol. The molecule has 0 bridgehead atoms. The molecule has 0 unspecified atom stereocenters. The molecule has 1 amide bonds. The third-order valence-corrected chi connectivity index (χ3v) is 5.57. The molecule has 2 aromatic rings. The van der Waals surface area contributed by atoms with Gasteiger partial charge in [0.15, 0.2) is 0 Å². The maximum absolute atomic E-state index is 12.9. The lowest BCUT2D eigenvalue weighted by molar-refractivity contribution is -0.114. The van der Waals surface area contributed by atoms with Crippen molar-refractivity contribution in [2.75, 3.05) is 22.8 Å². The molecule has 6 nitrogen and oxygen atoms in total. The summed E-state index contributed by atoms with van der Waals surface area (Å²) < 4.78 is 32.6. The summed E-state index contributed by atoms with van der Waals surface area (Å²) in [4.78, 5) is 11.2. The van der Waals surface area contributed by atoms with Gasteiger partial charge in [-0.1, -0.05) is 11.6 Å². The zero-order valence-electron chi connectivity index (χ0n) is 12.8. The van der Waals surface area contributed by atoms with Crippen molar-refractivity contribution in [1.29, 1.82) is 0 Å². The summed E-state index contributed by atoms with van der Waals surface area (Å²) in [7, 11) is -3.76. The van der Waals surface area contributed by atoms with Crippen LogP contribution in [0.3, 0.4) is 0 Å². The molecule has 1 aliphatic heterocycles. The highest BCUT2D eigenvalue weighted by Gasteiger charge is 2.30. The molecule has 0 fully saturated rings. The number of hydrogen-bond donors (Lipinski definition) is 1. The molecule has 3 rings (SSSR count). The Labute approximate surface area is 145 Å². The number of amides is 1. The van der Waals surface area contributed by atoms with Gasteiger partial charge in [-0.2, -0.15) is 0 Å². The smallest absolute Gasteiger partial charge is 0.264 e. The van der Waals surface area contributed by atoms with Gasteiger partial charge < -0.3 is 10.1 Å². The van der Waals surface area contributed by atoms with E-state index in [2.05, 4.69) is 5.32 Å². The van der Waals surface area contributed by atoms with Gasteiger partial charge in [-0.05, 0) is 42.5 Å². The number of benzene rings is 2. The minimum atomic E-state index is -3.76. The number of nitrogens with zero attached hydrogens (tertiary/aromatic N) is 1. The zero-order valence-corrected chi connectivity index (χ0v) is 14.4. The summed E-state index contributed by atoms with van der Waals surface area (Å²) in [6, 6.07) is 10.9. The van der Waals surface area contributed by atoms with Gasteiger partial charge in [0, 0.05) is 17.6 Å². The Balaban J connectivity index is 1.97. The van der Waals surface area contributed by atoms with Crippen molar-refractivity contribution >= 4 is 38.9 Å². The average molecular weight is 367 g/mol. The average Bonchev–Trinajstić information content (AvgIpc) is 2.54. The lowest BCUT2D eigenvalue weighted by atomic mass is 10.2. The van der Waals surface area contributed by atoms with E-state index in [9.17, 15) is 13.2 Å². The topological polar surface area (TPSA) is 75.7 Å². The summed E-state index contributed by atoms with van der Waals surface area (Å²) in [6.45, 7) is 1.85. The lowest BCUT2D eigenvalue weighted by Crippen LogP contribution is -2.37. The number of hydrogen-bond acceptors (Lipinski definition) is 4. The standard InChI is InChI=1S/C16H15ClN2O4S/c1-11(20)18-13-3-5-14(6-4-13)24(21,22)19-8-9-23-16-7-2-12(17)10-15(16)19/h2-7,10H,8-9H2,1H3,(H,18,20). The molecular formula is C16H15ClN2O4S. The fraction of sp³-hybridized carbons (Fsp3) is 0.188. The maximum Gasteiger partial charge on any atom is 0.264 e. The highest BCUT2D eigenvalue weighted by atomic mass is 35.5. The van der Waals surface area contributed by atoms with E-state index < -0.39 is 10.0 Å². The molecule has 0 aromatic heterocycles. The van der Waals surface area contributed by atoms with Crippen LogP contribution in [0.1, 0.15) is 6.92 Å². The maximum atomic E-state index is 12.9. The molecule has 1 heterocycles. The third kappa shape index (κ3) is 3.18. The molecule has 0 saturated heterocycles. The number of halogens is 1. The second-order valence-corrected chi connectivity index (χ2v) is 7.54. The van der Waals surface area contributed by atoms with Crippen LogP contribution in [0.25, 0.3) is 0 Å². The molecule has 0 aliphatic carbocycles. The highest BCUT2D eigenvalue weighted by molar-refractivity contribution is 7.92. The highest BCUT2D eigenvalue weighted by Crippen LogP contribution is 2.37. The largest absolute Gasteiger partial charge is 0.489 e. The van der Waals surface area contributed by atoms with Crippen LogP contribution in [0.15, 0.2) is 47.4 Å². The van der Waals surface area contributed by atoms with Crippen molar-refractivity contribution < 1.29 is 17.9 Å². The lowest BCUT2D eigenvalue weighted by Gasteiger charge is -2.30. The van der Waals surface area contributed by atoms with Crippen molar-refractivity contribution in [1.82, 2.24) is 0 Å². The first-order chi connectivity index (χ1) is 11.4. The van der Waals surface area contributed by atoms with Crippen LogP contribution in [0.2, 0.25) is 5.02 Å². The van der Waals surface area contributed by atoms with Gasteiger partial charge in [0.25, 0.3) is 10.0 Å². The third-order valence-electron chi connectivity index (χ3n) is 3.50. The molecule has 0 saturated carbocycles. The monoisotopic (exact) mass is 366 g/mol. The van der Waals surface area contributed by atoms with Gasteiger partial charge in [-0.3, -0.25) is 9.10 Å². The number of fused-ring (bicyclic) bond motifs is 1. The van der Waals surface area contributed by atoms with E-state index >= 15 is 0 Å². The second-order valence-electron chi connectivity index (χ2n) is 5.24. The minimum Gasteiger partial charge on any atom is -0.489 e. The molecule has 126 valence electrons. The van der Waals surface area contributed by atoms with Crippen molar-refractivity contribution in [2.45, 2.75) is 11.8 Å². The quantitative estimate of drug-likeness (QED) is 0.906. The van der Waals surface area contributed by atoms with Gasteiger partial charge in [0.1, 0.15) is 12.4 Å². The number of rotatable bonds is 3. The van der Waals surface area contributed by atoms with Crippen molar-refractivity contribution in [3.05, 3.63) is 47.5 Å². The van der Waals surface area contributed by atoms with Crippen molar-refractivity contribution in [2.24, 2.45) is 0 Å². The number of sulfonamides is 1. The minimum absolute atomic E-state index is 0.129. The summed E-state index contributed by atoms with van der Waals surface area (Å²) in [5, 5.41) is 3.03. The number of nitrogens with one attached hydrogen (secondary N) is 1. The predicted molar refractivity (Wildman–Crippen MR) is 92.2 cm³/mol. The number of ether oxygens (including phenoxy) is 1. The number of carbonyl (C=O) groups is 1. The van der Waals surface area contributed by atoms with Gasteiger partial charge in [0.05, 0.1) is 17.1 Å². The van der Waals surface area contributed by atoms with E-state index in [1.807, 2.05) is 0 Å². The number of carbonyl (C=O) groups excluding carboxylic acids is 1. The van der Waals surface area contributed by atoms with Crippen LogP contribution < -0.4 is 14.4 Å². The molecule has 2 aromatic carbocycles. The molecule has 0 atom stereocenters. The fourth-order valence-electron chi connectivity index (χ4n) is 2.46. The first-order valence-electron chi connectivity index (χ1n) is 7.21. The van der Waals surface area contributed by atoms with Gasteiger partial charge >= 0.3 is 0 Å². The van der Waals surface area contributed by atoms with Crippen molar-refractivity contribution in [3.63, 3.8) is 0 Å². The summed E-state index contributed by atoms with van der Waals surface area (Å²) in [5.41, 5.74) is 0.951. The normalized spacial score (nSPS) is 13.8. The SMILES string of the molecule is CC(=O)Nc1ccc(S(=O)(=O)N2CCOc3ccc(Cl)cc32)cc1. The van der Waals surface area contributed by atoms with Gasteiger partial charge in [-0.25, -0.2) is 8.42 Å². The van der Waals surface area contributed by atoms with Crippen LogP contribution in [-0.2, 0) is 14.8 Å². The molecule has 0 radical (unpaired) electrons. The van der Waals surface area contributed by atoms with Crippen LogP contribution in [-0.4, -0.2) is 27.5 Å². The molecule has 24 heavy (non-hydrogen) atoms. The second kappa shape index (κ2) is 6.33. The van der Waals surface area contributed by atoms with Gasteiger partial charge in [-0.15, -0.1) is 0 Å².